The number of carbonyl (C=O) groups excluding carboxylic acids is 1. The van der Waals surface area contributed by atoms with E-state index in [1.54, 1.807) is 0 Å². The Morgan fingerprint density at radius 2 is 2.13 bits per heavy atom. The normalized spacial score (nSPS) is 17.3. The van der Waals surface area contributed by atoms with Crippen LogP contribution in [-0.2, 0) is 9.53 Å². The van der Waals surface area contributed by atoms with E-state index < -0.39 is 11.6 Å². The van der Waals surface area contributed by atoms with Gasteiger partial charge in [0.05, 0.1) is 7.11 Å². The van der Waals surface area contributed by atoms with Crippen molar-refractivity contribution in [2.24, 2.45) is 0 Å². The van der Waals surface area contributed by atoms with Gasteiger partial charge in [0.15, 0.2) is 5.60 Å². The monoisotopic (exact) mass is 217 g/mol. The summed E-state index contributed by atoms with van der Waals surface area (Å²) in [7, 11) is 3.18. The number of ether oxygens (including phenoxy) is 1. The summed E-state index contributed by atoms with van der Waals surface area (Å²) in [6.07, 6.45) is 2.14. The smallest absolute Gasteiger partial charge is 0.338 e. The molecule has 2 atom stereocenters. The van der Waals surface area contributed by atoms with Crippen molar-refractivity contribution >= 4 is 5.97 Å². The van der Waals surface area contributed by atoms with E-state index in [1.807, 2.05) is 11.9 Å². The molecule has 1 N–H and O–H groups in total. The lowest BCUT2D eigenvalue weighted by Crippen LogP contribution is -2.48. The number of methoxy groups -OCH3 is 1. The number of nitrogens with zero attached hydrogens (tertiary/aromatic N) is 1. The third-order valence-corrected chi connectivity index (χ3v) is 2.64. The van der Waals surface area contributed by atoms with Gasteiger partial charge in [0.2, 0.25) is 0 Å². The molecule has 0 aliphatic heterocycles. The SMILES string of the molecule is CCCC(C)N(C)CC(C)(O)C(=O)OC. The van der Waals surface area contributed by atoms with E-state index in [9.17, 15) is 9.90 Å². The highest BCUT2D eigenvalue weighted by molar-refractivity contribution is 5.78. The number of esters is 1. The molecule has 0 bridgehead atoms. The predicted octanol–water partition coefficient (Wildman–Crippen LogP) is 1.03. The minimum Gasteiger partial charge on any atom is -0.467 e. The maximum Gasteiger partial charge on any atom is 0.338 e. The number of rotatable bonds is 6. The van der Waals surface area contributed by atoms with E-state index in [0.29, 0.717) is 12.6 Å². The highest BCUT2D eigenvalue weighted by atomic mass is 16.5. The van der Waals surface area contributed by atoms with Crippen LogP contribution in [0.3, 0.4) is 0 Å². The highest BCUT2D eigenvalue weighted by Crippen LogP contribution is 2.12. The van der Waals surface area contributed by atoms with Crippen LogP contribution in [0.25, 0.3) is 0 Å². The van der Waals surface area contributed by atoms with E-state index >= 15 is 0 Å². The van der Waals surface area contributed by atoms with Crippen molar-refractivity contribution < 1.29 is 14.6 Å². The van der Waals surface area contributed by atoms with Gasteiger partial charge in [-0.2, -0.15) is 0 Å². The largest absolute Gasteiger partial charge is 0.467 e. The summed E-state index contributed by atoms with van der Waals surface area (Å²) < 4.78 is 4.54. The molecule has 0 fully saturated rings. The lowest BCUT2D eigenvalue weighted by molar-refractivity contribution is -0.162. The van der Waals surface area contributed by atoms with Crippen LogP contribution in [0.5, 0.6) is 0 Å². The topological polar surface area (TPSA) is 49.8 Å². The standard InChI is InChI=1S/C11H23NO3/c1-6-7-9(2)12(4)8-11(3,14)10(13)15-5/h9,14H,6-8H2,1-5H3. The van der Waals surface area contributed by atoms with Crippen molar-refractivity contribution in [1.29, 1.82) is 0 Å². The van der Waals surface area contributed by atoms with Crippen molar-refractivity contribution in [2.45, 2.75) is 45.3 Å². The summed E-state index contributed by atoms with van der Waals surface area (Å²) in [4.78, 5) is 13.2. The molecule has 0 radical (unpaired) electrons. The van der Waals surface area contributed by atoms with Gasteiger partial charge in [-0.15, -0.1) is 0 Å². The average Bonchev–Trinajstić information content (AvgIpc) is 2.16. The zero-order chi connectivity index (χ0) is 12.1. The van der Waals surface area contributed by atoms with Crippen molar-refractivity contribution in [3.63, 3.8) is 0 Å². The Labute approximate surface area is 92.2 Å². The Bertz CT molecular complexity index is 204. The molecule has 0 heterocycles. The summed E-state index contributed by atoms with van der Waals surface area (Å²) in [5.41, 5.74) is -1.43. The maximum atomic E-state index is 11.3. The third-order valence-electron chi connectivity index (χ3n) is 2.64. The van der Waals surface area contributed by atoms with E-state index in [0.717, 1.165) is 12.8 Å². The van der Waals surface area contributed by atoms with Crippen molar-refractivity contribution in [3.8, 4) is 0 Å². The van der Waals surface area contributed by atoms with Gasteiger partial charge in [0.1, 0.15) is 0 Å². The first kappa shape index (κ1) is 14.4. The van der Waals surface area contributed by atoms with Crippen LogP contribution >= 0.6 is 0 Å². The van der Waals surface area contributed by atoms with Crippen LogP contribution in [0.1, 0.15) is 33.6 Å². The van der Waals surface area contributed by atoms with Crippen LogP contribution in [0.2, 0.25) is 0 Å². The molecule has 2 unspecified atom stereocenters. The summed E-state index contributed by atoms with van der Waals surface area (Å²) in [5, 5.41) is 9.85. The average molecular weight is 217 g/mol. The van der Waals surface area contributed by atoms with Gasteiger partial charge in [-0.3, -0.25) is 0 Å². The molecule has 0 saturated carbocycles. The molecule has 0 aromatic carbocycles. The second kappa shape index (κ2) is 6.08. The zero-order valence-electron chi connectivity index (χ0n) is 10.4. The molecule has 0 aromatic heterocycles. The fraction of sp³-hybridized carbons (Fsp3) is 0.909. The molecule has 0 aliphatic rings. The number of carbonyl (C=O) groups is 1. The molecule has 4 nitrogen and oxygen atoms in total. The lowest BCUT2D eigenvalue weighted by atomic mass is 10.1. The first-order valence-electron chi connectivity index (χ1n) is 5.36. The van der Waals surface area contributed by atoms with E-state index in [4.69, 9.17) is 0 Å². The van der Waals surface area contributed by atoms with E-state index in [2.05, 4.69) is 18.6 Å². The number of likely N-dealkylation sites (N-methyl/N-ethyl adjacent to an activating group) is 1. The molecular formula is C11H23NO3. The van der Waals surface area contributed by atoms with E-state index in [-0.39, 0.29) is 0 Å². The van der Waals surface area contributed by atoms with Crippen LogP contribution in [-0.4, -0.2) is 48.3 Å². The lowest BCUT2D eigenvalue weighted by Gasteiger charge is -2.30. The zero-order valence-corrected chi connectivity index (χ0v) is 10.4. The minimum atomic E-state index is -1.43. The quantitative estimate of drug-likeness (QED) is 0.675. The van der Waals surface area contributed by atoms with E-state index in [1.165, 1.54) is 14.0 Å². The van der Waals surface area contributed by atoms with Gasteiger partial charge in [-0.25, -0.2) is 4.79 Å². The summed E-state index contributed by atoms with van der Waals surface area (Å²) in [5.74, 6) is -0.585. The minimum absolute atomic E-state index is 0.292. The second-order valence-electron chi connectivity index (χ2n) is 4.32. The molecule has 4 heteroatoms. The molecule has 90 valence electrons. The molecule has 0 aliphatic carbocycles. The Balaban J connectivity index is 4.26. The Kier molecular flexibility index (Phi) is 5.83. The molecule has 0 aromatic rings. The summed E-state index contributed by atoms with van der Waals surface area (Å²) in [6.45, 7) is 5.97. The Morgan fingerprint density at radius 3 is 2.53 bits per heavy atom. The number of aliphatic hydroxyl groups is 1. The molecule has 0 saturated heterocycles. The predicted molar refractivity (Wildman–Crippen MR) is 59.6 cm³/mol. The van der Waals surface area contributed by atoms with Crippen LogP contribution in [0, 0.1) is 0 Å². The first-order chi connectivity index (χ1) is 6.85. The van der Waals surface area contributed by atoms with Crippen LogP contribution in [0.4, 0.5) is 0 Å². The molecule has 15 heavy (non-hydrogen) atoms. The highest BCUT2D eigenvalue weighted by Gasteiger charge is 2.33. The Hall–Kier alpha value is -0.610. The van der Waals surface area contributed by atoms with Crippen LogP contribution < -0.4 is 0 Å². The van der Waals surface area contributed by atoms with Gasteiger partial charge >= 0.3 is 5.97 Å². The number of hydrogen-bond donors (Lipinski definition) is 1. The fourth-order valence-electron chi connectivity index (χ4n) is 1.56. The number of hydrogen-bond acceptors (Lipinski definition) is 4. The second-order valence-corrected chi connectivity index (χ2v) is 4.32. The van der Waals surface area contributed by atoms with Gasteiger partial charge in [0.25, 0.3) is 0 Å². The van der Waals surface area contributed by atoms with Crippen molar-refractivity contribution in [3.05, 3.63) is 0 Å². The molecule has 0 amide bonds. The van der Waals surface area contributed by atoms with Crippen LogP contribution in [0.15, 0.2) is 0 Å². The Morgan fingerprint density at radius 1 is 1.60 bits per heavy atom. The van der Waals surface area contributed by atoms with Gasteiger partial charge in [-0.1, -0.05) is 13.3 Å². The first-order valence-corrected chi connectivity index (χ1v) is 5.36. The van der Waals surface area contributed by atoms with Crippen molar-refractivity contribution in [1.82, 2.24) is 4.90 Å². The maximum absolute atomic E-state index is 11.3. The summed E-state index contributed by atoms with van der Waals surface area (Å²) in [6, 6.07) is 0.353. The van der Waals surface area contributed by atoms with Gasteiger partial charge in [0, 0.05) is 12.6 Å². The van der Waals surface area contributed by atoms with Gasteiger partial charge < -0.3 is 14.7 Å². The third kappa shape index (κ3) is 4.62. The fourth-order valence-corrected chi connectivity index (χ4v) is 1.56. The molecule has 0 rings (SSSR count). The van der Waals surface area contributed by atoms with Crippen molar-refractivity contribution in [2.75, 3.05) is 20.7 Å². The van der Waals surface area contributed by atoms with Gasteiger partial charge in [-0.05, 0) is 27.3 Å². The molecule has 0 spiro atoms. The molecular weight excluding hydrogens is 194 g/mol. The summed E-state index contributed by atoms with van der Waals surface area (Å²) >= 11 is 0.